The molecule has 24 heavy (non-hydrogen) atoms. The summed E-state index contributed by atoms with van der Waals surface area (Å²) < 4.78 is 7.26. The number of aliphatic hydroxyl groups excluding tert-OH is 1. The monoisotopic (exact) mass is 327 g/mol. The Hall–Kier alpha value is -2.60. The molecule has 1 amide bonds. The maximum atomic E-state index is 12.3. The number of nitrogens with zero attached hydrogens (tertiary/aromatic N) is 3. The number of rotatable bonds is 4. The van der Waals surface area contributed by atoms with E-state index < -0.39 is 12.2 Å². The van der Waals surface area contributed by atoms with Crippen LogP contribution in [0.25, 0.3) is 6.08 Å². The van der Waals surface area contributed by atoms with Crippen molar-refractivity contribution in [2.75, 3.05) is 6.54 Å². The third-order valence-electron chi connectivity index (χ3n) is 4.10. The average molecular weight is 327 g/mol. The lowest BCUT2D eigenvalue weighted by atomic mass is 10.2. The fourth-order valence-corrected chi connectivity index (χ4v) is 2.78. The Balaban J connectivity index is 1.63. The molecule has 6 nitrogen and oxygen atoms in total. The maximum Gasteiger partial charge on any atom is 0.410 e. The molecule has 2 atom stereocenters. The number of likely N-dealkylation sites (tertiary alicyclic amines) is 1. The molecule has 2 aromatic rings. The van der Waals surface area contributed by atoms with Crippen LogP contribution in [0.2, 0.25) is 0 Å². The third-order valence-corrected chi connectivity index (χ3v) is 4.10. The summed E-state index contributed by atoms with van der Waals surface area (Å²) in [6.45, 7) is 0.512. The smallest absolute Gasteiger partial charge is 0.410 e. The van der Waals surface area contributed by atoms with Crippen LogP contribution in [0.1, 0.15) is 17.7 Å². The van der Waals surface area contributed by atoms with Crippen LogP contribution in [0.15, 0.2) is 48.9 Å². The minimum absolute atomic E-state index is 0.182. The second-order valence-corrected chi connectivity index (χ2v) is 5.94. The molecular weight excluding hydrogens is 306 g/mol. The lowest BCUT2D eigenvalue weighted by Crippen LogP contribution is -2.35. The largest absolute Gasteiger partial charge is 0.445 e. The first-order valence-electron chi connectivity index (χ1n) is 7.93. The first-order chi connectivity index (χ1) is 11.6. The van der Waals surface area contributed by atoms with Crippen molar-refractivity contribution in [3.05, 3.63) is 60.2 Å². The molecule has 1 fully saturated rings. The Bertz CT molecular complexity index is 711. The number of carbonyl (C=O) groups is 1. The summed E-state index contributed by atoms with van der Waals surface area (Å²) in [7, 11) is 1.90. The van der Waals surface area contributed by atoms with Crippen molar-refractivity contribution in [1.82, 2.24) is 14.5 Å². The molecule has 3 rings (SSSR count). The number of carbonyl (C=O) groups excluding carboxylic acids is 1. The number of ether oxygens (including phenoxy) is 1. The highest BCUT2D eigenvalue weighted by Gasteiger charge is 2.33. The van der Waals surface area contributed by atoms with Gasteiger partial charge >= 0.3 is 6.09 Å². The van der Waals surface area contributed by atoms with E-state index in [4.69, 9.17) is 4.74 Å². The van der Waals surface area contributed by atoms with E-state index >= 15 is 0 Å². The molecule has 0 bridgehead atoms. The number of hydrogen-bond donors (Lipinski definition) is 1. The fraction of sp³-hybridized carbons (Fsp3) is 0.333. The zero-order valence-electron chi connectivity index (χ0n) is 13.6. The van der Waals surface area contributed by atoms with Gasteiger partial charge in [0.2, 0.25) is 0 Å². The Morgan fingerprint density at radius 3 is 2.92 bits per heavy atom. The Labute approximate surface area is 141 Å². The number of β-amino-alcohol motifs (C(OH)–C–C–N with tert-alkyl or cyclic N) is 1. The molecule has 1 aromatic heterocycles. The van der Waals surface area contributed by atoms with E-state index in [0.717, 1.165) is 11.3 Å². The quantitative estimate of drug-likeness (QED) is 0.935. The number of aryl methyl sites for hydroxylation is 1. The van der Waals surface area contributed by atoms with E-state index in [0.29, 0.717) is 6.42 Å². The molecule has 1 N–H and O–H groups in total. The van der Waals surface area contributed by atoms with Gasteiger partial charge < -0.3 is 14.4 Å². The first-order valence-corrected chi connectivity index (χ1v) is 7.93. The Kier molecular flexibility index (Phi) is 4.96. The molecule has 1 aliphatic heterocycles. The minimum Gasteiger partial charge on any atom is -0.445 e. The second-order valence-electron chi connectivity index (χ2n) is 5.94. The van der Waals surface area contributed by atoms with E-state index in [1.807, 2.05) is 54.1 Å². The normalized spacial score (nSPS) is 20.7. The van der Waals surface area contributed by atoms with Crippen LogP contribution in [0.5, 0.6) is 0 Å². The predicted octanol–water partition coefficient (Wildman–Crippen LogP) is 2.21. The number of amides is 1. The molecule has 0 spiro atoms. The molecule has 126 valence electrons. The predicted molar refractivity (Wildman–Crippen MR) is 90.0 cm³/mol. The number of hydrogen-bond acceptors (Lipinski definition) is 4. The summed E-state index contributed by atoms with van der Waals surface area (Å²) >= 11 is 0. The standard InChI is InChI=1S/C18H21N3O3/c1-20-13-19-10-16(20)8-7-15-9-17(22)11-21(15)18(23)24-12-14-5-3-2-4-6-14/h2-8,10,13,15,17,22H,9,11-12H2,1H3/b8-7+/t15-,17-/m1/s1. The molecule has 6 heteroatoms. The van der Waals surface area contributed by atoms with Crippen LogP contribution < -0.4 is 0 Å². The third kappa shape index (κ3) is 3.83. The molecule has 0 aliphatic carbocycles. The highest BCUT2D eigenvalue weighted by Crippen LogP contribution is 2.21. The van der Waals surface area contributed by atoms with Crippen LogP contribution in [0.3, 0.4) is 0 Å². The van der Waals surface area contributed by atoms with Crippen LogP contribution in [-0.2, 0) is 18.4 Å². The molecule has 1 aliphatic rings. The van der Waals surface area contributed by atoms with Crippen molar-refractivity contribution in [2.45, 2.75) is 25.2 Å². The number of imidazole rings is 1. The summed E-state index contributed by atoms with van der Waals surface area (Å²) in [4.78, 5) is 18.0. The SMILES string of the molecule is Cn1cncc1/C=C/[C@@H]1C[C@@H](O)CN1C(=O)OCc1ccccc1. The summed E-state index contributed by atoms with van der Waals surface area (Å²) in [5, 5.41) is 9.92. The van der Waals surface area contributed by atoms with E-state index in [-0.39, 0.29) is 19.2 Å². The molecule has 0 saturated carbocycles. The van der Waals surface area contributed by atoms with Gasteiger partial charge in [0.1, 0.15) is 6.61 Å². The van der Waals surface area contributed by atoms with Crippen LogP contribution in [0, 0.1) is 0 Å². The zero-order valence-corrected chi connectivity index (χ0v) is 13.6. The van der Waals surface area contributed by atoms with Gasteiger partial charge in [-0.3, -0.25) is 4.90 Å². The summed E-state index contributed by atoms with van der Waals surface area (Å²) in [5.74, 6) is 0. The summed E-state index contributed by atoms with van der Waals surface area (Å²) in [6, 6.07) is 9.36. The highest BCUT2D eigenvalue weighted by molar-refractivity contribution is 5.69. The van der Waals surface area contributed by atoms with Gasteiger partial charge in [0.15, 0.2) is 0 Å². The van der Waals surface area contributed by atoms with Gasteiger partial charge in [0.25, 0.3) is 0 Å². The number of aliphatic hydroxyl groups is 1. The van der Waals surface area contributed by atoms with Crippen molar-refractivity contribution >= 4 is 12.2 Å². The van der Waals surface area contributed by atoms with Gasteiger partial charge in [-0.2, -0.15) is 0 Å². The van der Waals surface area contributed by atoms with Gasteiger partial charge in [0, 0.05) is 7.05 Å². The van der Waals surface area contributed by atoms with Gasteiger partial charge in [-0.25, -0.2) is 9.78 Å². The van der Waals surface area contributed by atoms with Crippen LogP contribution in [-0.4, -0.2) is 44.3 Å². The van der Waals surface area contributed by atoms with Crippen molar-refractivity contribution in [3.8, 4) is 0 Å². The summed E-state index contributed by atoms with van der Waals surface area (Å²) in [5.41, 5.74) is 1.88. The van der Waals surface area contributed by atoms with E-state index in [2.05, 4.69) is 4.98 Å². The van der Waals surface area contributed by atoms with Crippen LogP contribution in [0.4, 0.5) is 4.79 Å². The number of aromatic nitrogens is 2. The lowest BCUT2D eigenvalue weighted by molar-refractivity contribution is 0.0920. The minimum atomic E-state index is -0.532. The van der Waals surface area contributed by atoms with Crippen molar-refractivity contribution < 1.29 is 14.6 Å². The zero-order chi connectivity index (χ0) is 16.9. The first kappa shape index (κ1) is 16.3. The number of benzene rings is 1. The van der Waals surface area contributed by atoms with Gasteiger partial charge in [-0.1, -0.05) is 36.4 Å². The van der Waals surface area contributed by atoms with Crippen molar-refractivity contribution in [1.29, 1.82) is 0 Å². The van der Waals surface area contributed by atoms with E-state index in [1.54, 1.807) is 17.4 Å². The van der Waals surface area contributed by atoms with Gasteiger partial charge in [-0.05, 0) is 18.1 Å². The van der Waals surface area contributed by atoms with Gasteiger partial charge in [0.05, 0.1) is 36.9 Å². The second kappa shape index (κ2) is 7.31. The molecule has 1 saturated heterocycles. The molecule has 0 unspecified atom stereocenters. The maximum absolute atomic E-state index is 12.3. The van der Waals surface area contributed by atoms with Crippen LogP contribution >= 0.6 is 0 Å². The van der Waals surface area contributed by atoms with Crippen molar-refractivity contribution in [3.63, 3.8) is 0 Å². The molecule has 0 radical (unpaired) electrons. The fourth-order valence-electron chi connectivity index (χ4n) is 2.78. The average Bonchev–Trinajstić information content (AvgIpc) is 3.17. The van der Waals surface area contributed by atoms with E-state index in [1.165, 1.54) is 0 Å². The molecule has 1 aromatic carbocycles. The lowest BCUT2D eigenvalue weighted by Gasteiger charge is -2.21. The molecular formula is C18H21N3O3. The highest BCUT2D eigenvalue weighted by atomic mass is 16.6. The Morgan fingerprint density at radius 1 is 1.42 bits per heavy atom. The summed E-state index contributed by atoms with van der Waals surface area (Å²) in [6.07, 6.45) is 6.86. The van der Waals surface area contributed by atoms with Crippen molar-refractivity contribution in [2.24, 2.45) is 7.05 Å². The Morgan fingerprint density at radius 2 is 2.21 bits per heavy atom. The van der Waals surface area contributed by atoms with Gasteiger partial charge in [-0.15, -0.1) is 0 Å². The topological polar surface area (TPSA) is 67.6 Å². The van der Waals surface area contributed by atoms with E-state index in [9.17, 15) is 9.90 Å². The molecule has 2 heterocycles.